The van der Waals surface area contributed by atoms with Gasteiger partial charge < -0.3 is 41.0 Å². The zero-order chi connectivity index (χ0) is 52.6. The minimum atomic E-state index is -1.17. The Labute approximate surface area is 412 Å². The van der Waals surface area contributed by atoms with Crippen LogP contribution in [0.2, 0.25) is 0 Å². The van der Waals surface area contributed by atoms with Gasteiger partial charge in [0.15, 0.2) is 23.8 Å². The van der Waals surface area contributed by atoms with Crippen LogP contribution in [0.25, 0.3) is 0 Å². The first-order valence-electron chi connectivity index (χ1n) is 23.3. The van der Waals surface area contributed by atoms with Gasteiger partial charge in [-0.15, -0.1) is 0 Å². The zero-order valence-corrected chi connectivity index (χ0v) is 42.3. The topological polar surface area (TPSA) is 244 Å². The van der Waals surface area contributed by atoms with Crippen LogP contribution in [0.3, 0.4) is 0 Å². The van der Waals surface area contributed by atoms with Gasteiger partial charge in [0, 0.05) is 38.8 Å². The number of amides is 4. The largest absolute Gasteiger partial charge is 0.480 e. The molecule has 4 amide bonds. The van der Waals surface area contributed by atoms with Crippen LogP contribution < -0.4 is 21.3 Å². The van der Waals surface area contributed by atoms with Gasteiger partial charge >= 0.3 is 35.9 Å². The smallest absolute Gasteiger partial charge is 0.323 e. The van der Waals surface area contributed by atoms with Crippen LogP contribution in [-0.2, 0) is 38.2 Å². The predicted molar refractivity (Wildman–Crippen MR) is 269 cm³/mol. The lowest BCUT2D eigenvalue weighted by molar-refractivity contribution is -0.156. The number of aliphatic carboxylic acids is 2. The second kappa shape index (κ2) is 29.0. The number of hydrogen-bond acceptors (Lipinski definition) is 10. The van der Waals surface area contributed by atoms with Crippen LogP contribution in [0.1, 0.15) is 108 Å². The third-order valence-corrected chi connectivity index (χ3v) is 11.3. The second-order valence-corrected chi connectivity index (χ2v) is 18.6. The lowest BCUT2D eigenvalue weighted by Gasteiger charge is -2.36. The van der Waals surface area contributed by atoms with E-state index in [1.54, 1.807) is 13.8 Å². The molecule has 16 nitrogen and oxygen atoms in total. The summed E-state index contributed by atoms with van der Waals surface area (Å²) in [4.78, 5) is 95.7. The first-order valence-corrected chi connectivity index (χ1v) is 23.3. The molecule has 2 aliphatic carbocycles. The molecule has 0 saturated carbocycles. The molecule has 2 unspecified atom stereocenters. The van der Waals surface area contributed by atoms with Crippen molar-refractivity contribution in [2.75, 3.05) is 26.2 Å². The van der Waals surface area contributed by atoms with E-state index in [2.05, 4.69) is 21.3 Å². The molecule has 0 saturated heterocycles. The number of carboxylic acids is 2. The van der Waals surface area contributed by atoms with Crippen LogP contribution in [0.5, 0.6) is 0 Å². The van der Waals surface area contributed by atoms with Gasteiger partial charge in [-0.05, 0) is 87.5 Å². The van der Waals surface area contributed by atoms with Gasteiger partial charge in [0.25, 0.3) is 0 Å². The fraction of sp³-hybridized carbons (Fsp3) is 0.444. The molecule has 16 heteroatoms. The molecule has 0 aromatic heterocycles. The number of allylic oxidation sites excluding steroid dienone is 20. The van der Waals surface area contributed by atoms with Crippen molar-refractivity contribution in [3.05, 3.63) is 130 Å². The Hall–Kier alpha value is -7.10. The van der Waals surface area contributed by atoms with E-state index in [0.717, 1.165) is 33.4 Å². The number of rotatable bonds is 24. The molecular formula is C54H72N4O12. The third kappa shape index (κ3) is 21.9. The number of carbonyl (C=O) groups is 8. The summed E-state index contributed by atoms with van der Waals surface area (Å²) in [7, 11) is 0. The summed E-state index contributed by atoms with van der Waals surface area (Å²) in [5, 5.41) is 26.5. The van der Waals surface area contributed by atoms with Crippen molar-refractivity contribution in [2.45, 2.75) is 120 Å². The van der Waals surface area contributed by atoms with E-state index >= 15 is 0 Å². The maximum atomic E-state index is 13.2. The minimum absolute atomic E-state index is 0.00878. The predicted octanol–water partition coefficient (Wildman–Crippen LogP) is 8.34. The molecule has 0 radical (unpaired) electrons. The lowest BCUT2D eigenvalue weighted by Crippen LogP contribution is -2.39. The highest BCUT2D eigenvalue weighted by molar-refractivity contribution is 6.02. The summed E-state index contributed by atoms with van der Waals surface area (Å²) in [6.07, 6.45) is 27.0. The van der Waals surface area contributed by atoms with Crippen molar-refractivity contribution < 1.29 is 58.0 Å². The Kier molecular flexibility index (Phi) is 24.5. The number of carbonyl (C=O) groups excluding carboxylic acids is 6. The molecule has 0 aromatic carbocycles. The second-order valence-electron chi connectivity index (χ2n) is 18.6. The van der Waals surface area contributed by atoms with Crippen LogP contribution in [0.4, 0.5) is 9.59 Å². The van der Waals surface area contributed by atoms with E-state index in [0.29, 0.717) is 24.0 Å². The molecule has 2 atom stereocenters. The molecule has 2 aliphatic rings. The summed E-state index contributed by atoms with van der Waals surface area (Å²) < 4.78 is 11.1. The summed E-state index contributed by atoms with van der Waals surface area (Å²) in [5.74, 6) is -3.91. The molecule has 2 rings (SSSR count). The van der Waals surface area contributed by atoms with E-state index in [-0.39, 0.29) is 50.3 Å². The number of hydrogen-bond donors (Lipinski definition) is 6. The van der Waals surface area contributed by atoms with Crippen molar-refractivity contribution in [3.8, 4) is 0 Å². The standard InChI is InChI=1S/C54H72N4O12/c1-35(19-13-21-37(3)25-27-41-39(5)49(65)43(31-53(41,7)8)69-47(63)23-15-29-55-51(67)57-33-45(59)60)17-11-12-18-36(2)20-14-22-38(4)26-28-42-40(6)50(66)44(32-54(42,9)10)70-48(64)24-16-30-56-52(68)58-34-46(61)62/h11-14,17-22,25-28,43-44H,15-16,23-24,29-34H2,1-10H3,(H,59,60)(H,61,62)(H2,55,57,67)(H2,56,58,68). The molecule has 0 heterocycles. The van der Waals surface area contributed by atoms with Crippen molar-refractivity contribution >= 4 is 47.5 Å². The number of nitrogens with one attached hydrogen (secondary N) is 4. The van der Waals surface area contributed by atoms with Gasteiger partial charge in [-0.25, -0.2) is 9.59 Å². The quantitative estimate of drug-likeness (QED) is 0.0304. The van der Waals surface area contributed by atoms with Crippen molar-refractivity contribution in [3.63, 3.8) is 0 Å². The van der Waals surface area contributed by atoms with Gasteiger partial charge in [0.1, 0.15) is 13.1 Å². The molecule has 70 heavy (non-hydrogen) atoms. The van der Waals surface area contributed by atoms with E-state index in [9.17, 15) is 38.4 Å². The molecule has 0 fully saturated rings. The third-order valence-electron chi connectivity index (χ3n) is 11.3. The summed E-state index contributed by atoms with van der Waals surface area (Å²) >= 11 is 0. The number of esters is 2. The summed E-state index contributed by atoms with van der Waals surface area (Å²) in [6.45, 7) is 18.7. The maximum absolute atomic E-state index is 13.2. The Bertz CT molecular complexity index is 2170. The van der Waals surface area contributed by atoms with Gasteiger partial charge in [0.05, 0.1) is 0 Å². The fourth-order valence-corrected chi connectivity index (χ4v) is 7.50. The van der Waals surface area contributed by atoms with E-state index in [4.69, 9.17) is 19.7 Å². The van der Waals surface area contributed by atoms with Crippen molar-refractivity contribution in [2.24, 2.45) is 10.8 Å². The van der Waals surface area contributed by atoms with Crippen molar-refractivity contribution in [1.82, 2.24) is 21.3 Å². The first kappa shape index (κ1) is 59.0. The number of carboxylic acid groups (broad SMARTS) is 2. The van der Waals surface area contributed by atoms with Gasteiger partial charge in [-0.3, -0.25) is 28.8 Å². The number of ketones is 2. The lowest BCUT2D eigenvalue weighted by atomic mass is 9.71. The Balaban J connectivity index is 1.90. The summed E-state index contributed by atoms with van der Waals surface area (Å²) in [6, 6.07) is -1.30. The molecule has 0 bridgehead atoms. The molecule has 0 aromatic rings. The van der Waals surface area contributed by atoms with Crippen LogP contribution in [0, 0.1) is 10.8 Å². The first-order chi connectivity index (χ1) is 32.8. The highest BCUT2D eigenvalue weighted by atomic mass is 16.6. The Morgan fingerprint density at radius 1 is 0.543 bits per heavy atom. The maximum Gasteiger partial charge on any atom is 0.323 e. The number of urea groups is 2. The van der Waals surface area contributed by atoms with Crippen LogP contribution in [-0.4, -0.2) is 96.1 Å². The van der Waals surface area contributed by atoms with E-state index in [1.165, 1.54) is 0 Å². The van der Waals surface area contributed by atoms with Crippen LogP contribution in [0.15, 0.2) is 130 Å². The monoisotopic (exact) mass is 969 g/mol. The fourth-order valence-electron chi connectivity index (χ4n) is 7.50. The highest BCUT2D eigenvalue weighted by Crippen LogP contribution is 2.42. The molecule has 6 N–H and O–H groups in total. The molecule has 0 aliphatic heterocycles. The molecular weight excluding hydrogens is 897 g/mol. The molecule has 0 spiro atoms. The highest BCUT2D eigenvalue weighted by Gasteiger charge is 2.41. The normalized spacial score (nSPS) is 19.2. The number of Topliss-reactive ketones (excluding diaryl/α,β-unsaturated/α-hetero) is 2. The van der Waals surface area contributed by atoms with Gasteiger partial charge in [-0.1, -0.05) is 135 Å². The zero-order valence-electron chi connectivity index (χ0n) is 42.3. The Morgan fingerprint density at radius 3 is 1.21 bits per heavy atom. The SMILES string of the molecule is CC(C=CC=C(C)C=CC1=C(C)C(=O)C(OC(=O)CCCNC(=O)NCC(=O)O)CC1(C)C)=CC=CC=C(C)C=CC=C(C)C=CC1=C(C)C(=O)C(OC(=O)CCCNC(=O)NCC(=O)O)CC1(C)C. The van der Waals surface area contributed by atoms with E-state index in [1.807, 2.05) is 140 Å². The Morgan fingerprint density at radius 2 is 0.871 bits per heavy atom. The van der Waals surface area contributed by atoms with Gasteiger partial charge in [-0.2, -0.15) is 0 Å². The van der Waals surface area contributed by atoms with Crippen LogP contribution >= 0.6 is 0 Å². The van der Waals surface area contributed by atoms with E-state index < -0.39 is 72.1 Å². The average Bonchev–Trinajstić information content (AvgIpc) is 3.27. The molecule has 380 valence electrons. The average molecular weight is 969 g/mol. The van der Waals surface area contributed by atoms with Gasteiger partial charge in [0.2, 0.25) is 0 Å². The number of ether oxygens (including phenoxy) is 2. The van der Waals surface area contributed by atoms with Crippen molar-refractivity contribution in [1.29, 1.82) is 0 Å². The minimum Gasteiger partial charge on any atom is -0.480 e. The summed E-state index contributed by atoms with van der Waals surface area (Å²) in [5.41, 5.74) is 5.99.